The van der Waals surface area contributed by atoms with E-state index in [4.69, 9.17) is 4.74 Å². The molecule has 0 heterocycles. The van der Waals surface area contributed by atoms with Gasteiger partial charge in [0, 0.05) is 17.2 Å². The maximum atomic E-state index is 13.4. The van der Waals surface area contributed by atoms with Gasteiger partial charge < -0.3 is 4.74 Å². The number of aryl methyl sites for hydroxylation is 1. The zero-order valence-electron chi connectivity index (χ0n) is 13.4. The Morgan fingerprint density at radius 3 is 2.68 bits per heavy atom. The first-order chi connectivity index (χ1) is 11.9. The topological polar surface area (TPSA) is 93.5 Å². The van der Waals surface area contributed by atoms with Crippen molar-refractivity contribution >= 4 is 17.3 Å². The van der Waals surface area contributed by atoms with Crippen LogP contribution in [0.25, 0.3) is 5.70 Å². The van der Waals surface area contributed by atoms with Gasteiger partial charge in [0.2, 0.25) is 0 Å². The van der Waals surface area contributed by atoms with Crippen molar-refractivity contribution in [2.45, 2.75) is 6.92 Å². The van der Waals surface area contributed by atoms with Crippen molar-refractivity contribution in [1.82, 2.24) is 10.9 Å². The fourth-order valence-corrected chi connectivity index (χ4v) is 1.95. The molecule has 2 rings (SSSR count). The lowest BCUT2D eigenvalue weighted by atomic mass is 10.1. The molecule has 0 unspecified atom stereocenters. The van der Waals surface area contributed by atoms with Gasteiger partial charge >= 0.3 is 0 Å². The molecule has 0 aromatic heterocycles. The number of nitro benzene ring substituents is 1. The molecule has 0 spiro atoms. The third-order valence-corrected chi connectivity index (χ3v) is 3.30. The first-order valence-corrected chi connectivity index (χ1v) is 7.25. The van der Waals surface area contributed by atoms with Crippen LogP contribution in [0.2, 0.25) is 0 Å². The van der Waals surface area contributed by atoms with Crippen molar-refractivity contribution in [2.24, 2.45) is 0 Å². The molecule has 0 bridgehead atoms. The highest BCUT2D eigenvalue weighted by molar-refractivity contribution is 5.78. The van der Waals surface area contributed by atoms with Crippen LogP contribution in [0.3, 0.4) is 0 Å². The highest BCUT2D eigenvalue weighted by Gasteiger charge is 2.13. The van der Waals surface area contributed by atoms with Crippen molar-refractivity contribution in [3.8, 4) is 5.75 Å². The predicted octanol–water partition coefficient (Wildman–Crippen LogP) is 2.71. The second kappa shape index (κ2) is 7.91. The summed E-state index contributed by atoms with van der Waals surface area (Å²) >= 11 is 0. The third-order valence-electron chi connectivity index (χ3n) is 3.30. The first kappa shape index (κ1) is 17.9. The summed E-state index contributed by atoms with van der Waals surface area (Å²) in [6, 6.07) is 10.3. The summed E-state index contributed by atoms with van der Waals surface area (Å²) in [6.45, 7) is 4.93. The molecule has 130 valence electrons. The van der Waals surface area contributed by atoms with Gasteiger partial charge in [0.1, 0.15) is 0 Å². The number of benzene rings is 2. The molecule has 2 N–H and O–H groups in total. The first-order valence-electron chi connectivity index (χ1n) is 7.25. The van der Waals surface area contributed by atoms with Gasteiger partial charge in [-0.25, -0.2) is 4.39 Å². The fourth-order valence-electron chi connectivity index (χ4n) is 1.95. The summed E-state index contributed by atoms with van der Waals surface area (Å²) in [4.78, 5) is 22.2. The van der Waals surface area contributed by atoms with Crippen LogP contribution >= 0.6 is 0 Å². The lowest BCUT2D eigenvalue weighted by Gasteiger charge is -2.12. The molecule has 0 aliphatic carbocycles. The van der Waals surface area contributed by atoms with Crippen LogP contribution in [-0.2, 0) is 4.79 Å². The number of para-hydroxylation sites is 1. The lowest BCUT2D eigenvalue weighted by molar-refractivity contribution is -0.385. The van der Waals surface area contributed by atoms with Gasteiger partial charge in [-0.05, 0) is 19.1 Å². The SMILES string of the molecule is C=C(NNC(=O)COc1ccccc1F)c1ccc(C)c([N+](=O)[O-])c1. The lowest BCUT2D eigenvalue weighted by Crippen LogP contribution is -2.39. The van der Waals surface area contributed by atoms with Crippen molar-refractivity contribution in [3.63, 3.8) is 0 Å². The molecular weight excluding hydrogens is 329 g/mol. The van der Waals surface area contributed by atoms with Crippen molar-refractivity contribution < 1.29 is 18.8 Å². The Balaban J connectivity index is 1.89. The zero-order chi connectivity index (χ0) is 18.4. The van der Waals surface area contributed by atoms with E-state index in [1.165, 1.54) is 24.3 Å². The van der Waals surface area contributed by atoms with Gasteiger partial charge in [0.05, 0.1) is 10.6 Å². The van der Waals surface area contributed by atoms with Crippen LogP contribution in [0.15, 0.2) is 49.0 Å². The molecule has 2 aromatic rings. The number of carbonyl (C=O) groups is 1. The average Bonchev–Trinajstić information content (AvgIpc) is 2.59. The normalized spacial score (nSPS) is 10.0. The Morgan fingerprint density at radius 2 is 2.00 bits per heavy atom. The minimum Gasteiger partial charge on any atom is -0.481 e. The van der Waals surface area contributed by atoms with Crippen LogP contribution in [0, 0.1) is 22.9 Å². The van der Waals surface area contributed by atoms with Crippen molar-refractivity contribution in [3.05, 3.63) is 76.1 Å². The molecule has 1 amide bonds. The third kappa shape index (κ3) is 4.77. The number of rotatable bonds is 7. The Kier molecular flexibility index (Phi) is 5.67. The maximum absolute atomic E-state index is 13.4. The molecule has 25 heavy (non-hydrogen) atoms. The summed E-state index contributed by atoms with van der Waals surface area (Å²) in [7, 11) is 0. The van der Waals surface area contributed by atoms with E-state index >= 15 is 0 Å². The number of nitro groups is 1. The van der Waals surface area contributed by atoms with Gasteiger partial charge in [0.25, 0.3) is 11.6 Å². The quantitative estimate of drug-likeness (QED) is 0.594. The van der Waals surface area contributed by atoms with Crippen molar-refractivity contribution in [2.75, 3.05) is 6.61 Å². The van der Waals surface area contributed by atoms with E-state index in [0.29, 0.717) is 11.1 Å². The fraction of sp³-hybridized carbons (Fsp3) is 0.118. The van der Waals surface area contributed by atoms with Crippen molar-refractivity contribution in [1.29, 1.82) is 0 Å². The van der Waals surface area contributed by atoms with Crippen LogP contribution in [0.4, 0.5) is 10.1 Å². The van der Waals surface area contributed by atoms with E-state index in [0.717, 1.165) is 0 Å². The highest BCUT2D eigenvalue weighted by atomic mass is 19.1. The molecule has 0 fully saturated rings. The molecule has 7 nitrogen and oxygen atoms in total. The van der Waals surface area contributed by atoms with E-state index in [1.807, 2.05) is 0 Å². The van der Waals surface area contributed by atoms with Crippen LogP contribution in [0.1, 0.15) is 11.1 Å². The number of hydrazine groups is 1. The molecule has 0 saturated carbocycles. The molecule has 0 atom stereocenters. The van der Waals surface area contributed by atoms with E-state index in [9.17, 15) is 19.3 Å². The van der Waals surface area contributed by atoms with Crippen LogP contribution < -0.4 is 15.6 Å². The summed E-state index contributed by atoms with van der Waals surface area (Å²) < 4.78 is 18.4. The highest BCUT2D eigenvalue weighted by Crippen LogP contribution is 2.22. The number of hydrogen-bond acceptors (Lipinski definition) is 5. The van der Waals surface area contributed by atoms with Gasteiger partial charge in [-0.2, -0.15) is 0 Å². The van der Waals surface area contributed by atoms with Gasteiger partial charge in [0.15, 0.2) is 18.2 Å². The molecule has 0 aliphatic rings. The standard InChI is InChI=1S/C17H16FN3O4/c1-11-7-8-13(9-15(11)21(23)24)12(2)19-20-17(22)10-25-16-6-4-3-5-14(16)18/h3-9,19H,2,10H2,1H3,(H,20,22). The van der Waals surface area contributed by atoms with Gasteiger partial charge in [-0.1, -0.05) is 30.8 Å². The largest absolute Gasteiger partial charge is 0.481 e. The Bertz CT molecular complexity index is 823. The molecule has 0 saturated heterocycles. The van der Waals surface area contributed by atoms with E-state index in [-0.39, 0.29) is 17.1 Å². The number of amides is 1. The number of ether oxygens (including phenoxy) is 1. The average molecular weight is 345 g/mol. The molecule has 8 heteroatoms. The van der Waals surface area contributed by atoms with E-state index < -0.39 is 23.3 Å². The summed E-state index contributed by atoms with van der Waals surface area (Å²) in [5, 5.41) is 10.9. The number of halogens is 1. The minimum absolute atomic E-state index is 0.0364. The molecular formula is C17H16FN3O4. The van der Waals surface area contributed by atoms with E-state index in [2.05, 4.69) is 17.4 Å². The van der Waals surface area contributed by atoms with Crippen LogP contribution in [-0.4, -0.2) is 17.4 Å². The summed E-state index contributed by atoms with van der Waals surface area (Å²) in [5.41, 5.74) is 6.06. The second-order valence-corrected chi connectivity index (χ2v) is 5.13. The maximum Gasteiger partial charge on any atom is 0.276 e. The monoisotopic (exact) mass is 345 g/mol. The molecule has 0 radical (unpaired) electrons. The Labute approximate surface area is 143 Å². The number of nitrogens with one attached hydrogen (secondary N) is 2. The molecule has 0 aliphatic heterocycles. The van der Waals surface area contributed by atoms with Gasteiger partial charge in [-0.15, -0.1) is 0 Å². The van der Waals surface area contributed by atoms with E-state index in [1.54, 1.807) is 25.1 Å². The minimum atomic E-state index is -0.570. The molecule has 2 aromatic carbocycles. The number of nitrogens with zero attached hydrogens (tertiary/aromatic N) is 1. The predicted molar refractivity (Wildman–Crippen MR) is 90.0 cm³/mol. The summed E-state index contributed by atoms with van der Waals surface area (Å²) in [6.07, 6.45) is 0. The zero-order valence-corrected chi connectivity index (χ0v) is 13.4. The van der Waals surface area contributed by atoms with Gasteiger partial charge in [-0.3, -0.25) is 25.8 Å². The second-order valence-electron chi connectivity index (χ2n) is 5.13. The Hall–Kier alpha value is -3.42. The smallest absolute Gasteiger partial charge is 0.276 e. The summed E-state index contributed by atoms with van der Waals surface area (Å²) in [5.74, 6) is -1.17. The Morgan fingerprint density at radius 1 is 1.28 bits per heavy atom. The van der Waals surface area contributed by atoms with Crippen LogP contribution in [0.5, 0.6) is 5.75 Å². The number of hydrogen-bond donors (Lipinski definition) is 2. The number of carbonyl (C=O) groups excluding carboxylic acids is 1.